The Morgan fingerprint density at radius 3 is 2.74 bits per heavy atom. The normalized spacial score (nSPS) is 12.7. The molecule has 0 aromatic carbocycles. The van der Waals surface area contributed by atoms with Crippen molar-refractivity contribution in [3.63, 3.8) is 0 Å². The molecule has 0 bridgehead atoms. The predicted octanol–water partition coefficient (Wildman–Crippen LogP) is 0.492. The van der Waals surface area contributed by atoms with Gasteiger partial charge in [0, 0.05) is 25.9 Å². The number of ether oxygens (including phenoxy) is 1. The Hall–Kier alpha value is -1.40. The zero-order valence-electron chi connectivity index (χ0n) is 12.0. The summed E-state index contributed by atoms with van der Waals surface area (Å²) in [6.07, 6.45) is -0.701. The van der Waals surface area contributed by atoms with Gasteiger partial charge in [-0.3, -0.25) is 9.48 Å². The number of aryl methyl sites for hydroxylation is 2. The fourth-order valence-corrected chi connectivity index (χ4v) is 1.47. The third-order valence-electron chi connectivity index (χ3n) is 2.61. The van der Waals surface area contributed by atoms with Crippen LogP contribution in [-0.2, 0) is 11.8 Å². The number of hydrogen-bond acceptors (Lipinski definition) is 4. The molecule has 0 aliphatic rings. The molecule has 1 heterocycles. The van der Waals surface area contributed by atoms with Crippen LogP contribution in [0, 0.1) is 12.8 Å². The molecule has 0 aliphatic heterocycles. The van der Waals surface area contributed by atoms with Crippen LogP contribution >= 0.6 is 0 Å². The minimum Gasteiger partial charge on any atom is -0.389 e. The van der Waals surface area contributed by atoms with Crippen LogP contribution in [0.25, 0.3) is 0 Å². The highest BCUT2D eigenvalue weighted by Gasteiger charge is 2.12. The van der Waals surface area contributed by atoms with Crippen molar-refractivity contribution in [1.29, 1.82) is 0 Å². The second-order valence-corrected chi connectivity index (χ2v) is 5.09. The van der Waals surface area contributed by atoms with Crippen molar-refractivity contribution in [3.8, 4) is 0 Å². The molecule has 0 saturated heterocycles. The molecule has 0 aliphatic carbocycles. The SMILES string of the molecule is Cc1cc(C(=O)NCC(O)COCC(C)C)nn1C. The first-order valence-corrected chi connectivity index (χ1v) is 6.44. The van der Waals surface area contributed by atoms with Gasteiger partial charge in [0.1, 0.15) is 5.69 Å². The maximum Gasteiger partial charge on any atom is 0.271 e. The van der Waals surface area contributed by atoms with Crippen LogP contribution in [0.2, 0.25) is 0 Å². The summed E-state index contributed by atoms with van der Waals surface area (Å²) < 4.78 is 6.93. The Balaban J connectivity index is 2.30. The summed E-state index contributed by atoms with van der Waals surface area (Å²) in [7, 11) is 1.78. The zero-order valence-corrected chi connectivity index (χ0v) is 12.0. The maximum atomic E-state index is 11.8. The number of hydrogen-bond donors (Lipinski definition) is 2. The quantitative estimate of drug-likeness (QED) is 0.755. The molecule has 1 aromatic heterocycles. The van der Waals surface area contributed by atoms with Crippen LogP contribution < -0.4 is 5.32 Å². The first-order chi connectivity index (χ1) is 8.90. The standard InChI is InChI=1S/C13H23N3O3/c1-9(2)7-19-8-11(17)6-14-13(18)12-5-10(3)16(4)15-12/h5,9,11,17H,6-8H2,1-4H3,(H,14,18). The molecule has 0 spiro atoms. The van der Waals surface area contributed by atoms with E-state index in [2.05, 4.69) is 10.4 Å². The van der Waals surface area contributed by atoms with E-state index >= 15 is 0 Å². The number of amides is 1. The van der Waals surface area contributed by atoms with E-state index in [9.17, 15) is 9.90 Å². The maximum absolute atomic E-state index is 11.8. The number of rotatable bonds is 7. The lowest BCUT2D eigenvalue weighted by molar-refractivity contribution is 0.0259. The predicted molar refractivity (Wildman–Crippen MR) is 71.9 cm³/mol. The molecule has 2 N–H and O–H groups in total. The topological polar surface area (TPSA) is 76.4 Å². The van der Waals surface area contributed by atoms with E-state index < -0.39 is 6.10 Å². The van der Waals surface area contributed by atoms with E-state index in [0.29, 0.717) is 18.2 Å². The Bertz CT molecular complexity index is 396. The highest BCUT2D eigenvalue weighted by Crippen LogP contribution is 2.01. The Morgan fingerprint density at radius 1 is 1.53 bits per heavy atom. The van der Waals surface area contributed by atoms with Crippen molar-refractivity contribution in [1.82, 2.24) is 15.1 Å². The lowest BCUT2D eigenvalue weighted by Gasteiger charge is -2.13. The van der Waals surface area contributed by atoms with Gasteiger partial charge in [-0.25, -0.2) is 0 Å². The molecule has 1 amide bonds. The van der Waals surface area contributed by atoms with Crippen molar-refractivity contribution in [2.45, 2.75) is 26.9 Å². The molecule has 19 heavy (non-hydrogen) atoms. The second-order valence-electron chi connectivity index (χ2n) is 5.09. The average Bonchev–Trinajstić information content (AvgIpc) is 2.66. The molecule has 1 rings (SSSR count). The summed E-state index contributed by atoms with van der Waals surface area (Å²) in [6.45, 7) is 6.93. The molecule has 0 fully saturated rings. The molecule has 1 aromatic rings. The number of aromatic nitrogens is 2. The largest absolute Gasteiger partial charge is 0.389 e. The van der Waals surface area contributed by atoms with Crippen LogP contribution in [0.3, 0.4) is 0 Å². The summed E-state index contributed by atoms with van der Waals surface area (Å²) in [5, 5.41) is 16.4. The van der Waals surface area contributed by atoms with Crippen molar-refractivity contribution in [2.75, 3.05) is 19.8 Å². The number of nitrogens with one attached hydrogen (secondary N) is 1. The van der Waals surface area contributed by atoms with E-state index in [1.165, 1.54) is 0 Å². The number of nitrogens with zero attached hydrogens (tertiary/aromatic N) is 2. The van der Waals surface area contributed by atoms with Crippen molar-refractivity contribution < 1.29 is 14.6 Å². The fraction of sp³-hybridized carbons (Fsp3) is 0.692. The van der Waals surface area contributed by atoms with Crippen LogP contribution in [0.4, 0.5) is 0 Å². The first kappa shape index (κ1) is 15.7. The van der Waals surface area contributed by atoms with Gasteiger partial charge in [0.2, 0.25) is 0 Å². The molecule has 108 valence electrons. The van der Waals surface area contributed by atoms with E-state index in [4.69, 9.17) is 4.74 Å². The number of carbonyl (C=O) groups is 1. The minimum atomic E-state index is -0.701. The van der Waals surface area contributed by atoms with Crippen molar-refractivity contribution in [2.24, 2.45) is 13.0 Å². The fourth-order valence-electron chi connectivity index (χ4n) is 1.47. The van der Waals surface area contributed by atoms with Gasteiger partial charge < -0.3 is 15.2 Å². The third kappa shape index (κ3) is 5.40. The molecular formula is C13H23N3O3. The Morgan fingerprint density at radius 2 is 2.21 bits per heavy atom. The van der Waals surface area contributed by atoms with E-state index in [1.807, 2.05) is 20.8 Å². The van der Waals surface area contributed by atoms with E-state index in [0.717, 1.165) is 5.69 Å². The third-order valence-corrected chi connectivity index (χ3v) is 2.61. The van der Waals surface area contributed by atoms with Crippen LogP contribution in [0.1, 0.15) is 30.0 Å². The van der Waals surface area contributed by atoms with Gasteiger partial charge in [-0.1, -0.05) is 13.8 Å². The van der Waals surface area contributed by atoms with Gasteiger partial charge in [-0.05, 0) is 18.9 Å². The Kier molecular flexibility index (Phi) is 5.98. The average molecular weight is 269 g/mol. The molecule has 1 atom stereocenters. The summed E-state index contributed by atoms with van der Waals surface area (Å²) in [5.74, 6) is 0.143. The van der Waals surface area contributed by atoms with E-state index in [1.54, 1.807) is 17.8 Å². The molecule has 0 saturated carbocycles. The smallest absolute Gasteiger partial charge is 0.271 e. The van der Waals surface area contributed by atoms with Crippen LogP contribution in [0.5, 0.6) is 0 Å². The molecule has 0 radical (unpaired) electrons. The van der Waals surface area contributed by atoms with E-state index in [-0.39, 0.29) is 19.1 Å². The van der Waals surface area contributed by atoms with Gasteiger partial charge in [0.25, 0.3) is 5.91 Å². The monoisotopic (exact) mass is 269 g/mol. The summed E-state index contributed by atoms with van der Waals surface area (Å²) in [5.41, 5.74) is 1.27. The van der Waals surface area contributed by atoms with Crippen LogP contribution in [0.15, 0.2) is 6.07 Å². The van der Waals surface area contributed by atoms with Gasteiger partial charge in [0.05, 0.1) is 12.7 Å². The number of carbonyl (C=O) groups excluding carboxylic acids is 1. The molecular weight excluding hydrogens is 246 g/mol. The highest BCUT2D eigenvalue weighted by atomic mass is 16.5. The minimum absolute atomic E-state index is 0.159. The van der Waals surface area contributed by atoms with Gasteiger partial charge in [-0.2, -0.15) is 5.10 Å². The summed E-state index contributed by atoms with van der Waals surface area (Å²) in [4.78, 5) is 11.8. The second kappa shape index (κ2) is 7.25. The van der Waals surface area contributed by atoms with Crippen molar-refractivity contribution in [3.05, 3.63) is 17.5 Å². The van der Waals surface area contributed by atoms with Crippen LogP contribution in [-0.4, -0.2) is 46.7 Å². The summed E-state index contributed by atoms with van der Waals surface area (Å²) >= 11 is 0. The summed E-state index contributed by atoms with van der Waals surface area (Å²) in [6, 6.07) is 1.71. The molecule has 1 unspecified atom stereocenters. The zero-order chi connectivity index (χ0) is 14.4. The van der Waals surface area contributed by atoms with Gasteiger partial charge in [-0.15, -0.1) is 0 Å². The van der Waals surface area contributed by atoms with Gasteiger partial charge in [0.15, 0.2) is 0 Å². The first-order valence-electron chi connectivity index (χ1n) is 6.44. The molecule has 6 nitrogen and oxygen atoms in total. The number of aliphatic hydroxyl groups is 1. The Labute approximate surface area is 113 Å². The van der Waals surface area contributed by atoms with Crippen molar-refractivity contribution >= 4 is 5.91 Å². The van der Waals surface area contributed by atoms with Gasteiger partial charge >= 0.3 is 0 Å². The lowest BCUT2D eigenvalue weighted by atomic mass is 10.2. The number of aliphatic hydroxyl groups excluding tert-OH is 1. The molecule has 6 heteroatoms. The highest BCUT2D eigenvalue weighted by molar-refractivity contribution is 5.92. The lowest BCUT2D eigenvalue weighted by Crippen LogP contribution is -2.35.